The van der Waals surface area contributed by atoms with E-state index < -0.39 is 6.04 Å². The molecule has 0 saturated carbocycles. The van der Waals surface area contributed by atoms with Gasteiger partial charge < -0.3 is 5.73 Å². The summed E-state index contributed by atoms with van der Waals surface area (Å²) in [4.78, 5) is 11.9. The number of hydrogen-bond acceptors (Lipinski definition) is 3. The van der Waals surface area contributed by atoms with Gasteiger partial charge in [0.2, 0.25) is 5.91 Å². The zero-order chi connectivity index (χ0) is 17.9. The maximum Gasteiger partial charge on any atom is 0.239 e. The summed E-state index contributed by atoms with van der Waals surface area (Å²) in [5.41, 5.74) is 11.2. The highest BCUT2D eigenvalue weighted by atomic mass is 16.1. The van der Waals surface area contributed by atoms with E-state index in [0.717, 1.165) is 36.2 Å². The van der Waals surface area contributed by atoms with Crippen molar-refractivity contribution in [2.45, 2.75) is 31.8 Å². The summed E-state index contributed by atoms with van der Waals surface area (Å²) < 4.78 is 2.04. The summed E-state index contributed by atoms with van der Waals surface area (Å²) in [6.45, 7) is 0.519. The number of nitrogens with one attached hydrogen (secondary N) is 1. The smallest absolute Gasteiger partial charge is 0.239 e. The van der Waals surface area contributed by atoms with Gasteiger partial charge in [-0.25, -0.2) is 4.68 Å². The van der Waals surface area contributed by atoms with Crippen LogP contribution in [-0.2, 0) is 24.2 Å². The molecule has 26 heavy (non-hydrogen) atoms. The molecule has 0 fully saturated rings. The van der Waals surface area contributed by atoms with Crippen LogP contribution in [0.4, 0.5) is 0 Å². The number of para-hydroxylation sites is 1. The Morgan fingerprint density at radius 3 is 2.46 bits per heavy atom. The van der Waals surface area contributed by atoms with Crippen LogP contribution in [0.25, 0.3) is 5.69 Å². The first kappa shape index (κ1) is 16.5. The van der Waals surface area contributed by atoms with Crippen LogP contribution in [0.2, 0.25) is 0 Å². The van der Waals surface area contributed by atoms with Gasteiger partial charge in [0.25, 0.3) is 0 Å². The topological polar surface area (TPSA) is 72.9 Å². The van der Waals surface area contributed by atoms with Crippen molar-refractivity contribution >= 4 is 5.91 Å². The molecule has 132 valence electrons. The van der Waals surface area contributed by atoms with E-state index in [9.17, 15) is 4.79 Å². The fraction of sp³-hybridized carbons (Fsp3) is 0.238. The van der Waals surface area contributed by atoms with Crippen LogP contribution in [0.5, 0.6) is 0 Å². The minimum Gasteiger partial charge on any atom is -0.368 e. The van der Waals surface area contributed by atoms with E-state index in [-0.39, 0.29) is 5.91 Å². The molecule has 1 unspecified atom stereocenters. The van der Waals surface area contributed by atoms with E-state index in [1.165, 1.54) is 11.3 Å². The maximum atomic E-state index is 11.9. The molecule has 3 aromatic rings. The summed E-state index contributed by atoms with van der Waals surface area (Å²) in [5.74, 6) is -0.379. The third-order valence-corrected chi connectivity index (χ3v) is 4.91. The minimum atomic E-state index is -0.518. The van der Waals surface area contributed by atoms with E-state index in [1.54, 1.807) is 0 Å². The monoisotopic (exact) mass is 346 g/mol. The van der Waals surface area contributed by atoms with Gasteiger partial charge in [-0.1, -0.05) is 48.5 Å². The predicted molar refractivity (Wildman–Crippen MR) is 101 cm³/mol. The standard InChI is InChI=1S/C21H22N4O/c22-21(26)20(15-8-3-1-4-9-15)23-14-18-17-12-7-13-19(17)25(24-18)16-10-5-2-6-11-16/h1-6,8-11,20,23H,7,12-14H2,(H2,22,26). The lowest BCUT2D eigenvalue weighted by atomic mass is 10.1. The number of amides is 1. The van der Waals surface area contributed by atoms with Crippen molar-refractivity contribution in [2.75, 3.05) is 0 Å². The van der Waals surface area contributed by atoms with Crippen LogP contribution in [-0.4, -0.2) is 15.7 Å². The molecular formula is C21H22N4O. The van der Waals surface area contributed by atoms with Crippen molar-refractivity contribution in [1.29, 1.82) is 0 Å². The Bertz CT molecular complexity index is 903. The van der Waals surface area contributed by atoms with Gasteiger partial charge in [-0.05, 0) is 42.5 Å². The molecule has 1 atom stereocenters. The molecule has 4 rings (SSSR count). The molecule has 1 amide bonds. The Labute approximate surface area is 152 Å². The molecule has 0 radical (unpaired) electrons. The number of hydrogen-bond donors (Lipinski definition) is 2. The summed E-state index contributed by atoms with van der Waals surface area (Å²) in [6, 6.07) is 19.2. The Kier molecular flexibility index (Phi) is 4.54. The van der Waals surface area contributed by atoms with Gasteiger partial charge in [-0.15, -0.1) is 0 Å². The predicted octanol–water partition coefficient (Wildman–Crippen LogP) is 2.68. The number of fused-ring (bicyclic) bond motifs is 1. The van der Waals surface area contributed by atoms with E-state index in [1.807, 2.05) is 53.2 Å². The van der Waals surface area contributed by atoms with Gasteiger partial charge in [-0.3, -0.25) is 10.1 Å². The fourth-order valence-corrected chi connectivity index (χ4v) is 3.67. The van der Waals surface area contributed by atoms with Gasteiger partial charge in [0.1, 0.15) is 6.04 Å². The van der Waals surface area contributed by atoms with Crippen molar-refractivity contribution < 1.29 is 4.79 Å². The van der Waals surface area contributed by atoms with Crippen molar-refractivity contribution in [3.05, 3.63) is 83.2 Å². The summed E-state index contributed by atoms with van der Waals surface area (Å²) in [5, 5.41) is 8.12. The van der Waals surface area contributed by atoms with Crippen molar-refractivity contribution in [3.8, 4) is 5.69 Å². The minimum absolute atomic E-state index is 0.379. The van der Waals surface area contributed by atoms with Crippen molar-refractivity contribution in [1.82, 2.24) is 15.1 Å². The molecule has 0 bridgehead atoms. The molecule has 5 nitrogen and oxygen atoms in total. The molecule has 3 N–H and O–H groups in total. The molecule has 0 spiro atoms. The number of rotatable bonds is 6. The van der Waals surface area contributed by atoms with Crippen LogP contribution in [0.15, 0.2) is 60.7 Å². The number of aromatic nitrogens is 2. The highest BCUT2D eigenvalue weighted by molar-refractivity contribution is 5.81. The van der Waals surface area contributed by atoms with Gasteiger partial charge in [-0.2, -0.15) is 5.10 Å². The molecule has 1 heterocycles. The third-order valence-electron chi connectivity index (χ3n) is 4.91. The average molecular weight is 346 g/mol. The summed E-state index contributed by atoms with van der Waals surface area (Å²) >= 11 is 0. The zero-order valence-corrected chi connectivity index (χ0v) is 14.6. The molecule has 1 aliphatic carbocycles. The number of benzene rings is 2. The second-order valence-corrected chi connectivity index (χ2v) is 6.60. The molecule has 0 aliphatic heterocycles. The van der Waals surface area contributed by atoms with Crippen LogP contribution >= 0.6 is 0 Å². The molecule has 0 saturated heterocycles. The highest BCUT2D eigenvalue weighted by Gasteiger charge is 2.24. The molecular weight excluding hydrogens is 324 g/mol. The maximum absolute atomic E-state index is 11.9. The van der Waals surface area contributed by atoms with Crippen LogP contribution < -0.4 is 11.1 Å². The number of primary amides is 1. The Morgan fingerprint density at radius 1 is 1.08 bits per heavy atom. The largest absolute Gasteiger partial charge is 0.368 e. The summed E-state index contributed by atoms with van der Waals surface area (Å²) in [6.07, 6.45) is 3.21. The zero-order valence-electron chi connectivity index (χ0n) is 14.6. The normalized spacial score (nSPS) is 14.2. The molecule has 1 aromatic heterocycles. The Hall–Kier alpha value is -2.92. The van der Waals surface area contributed by atoms with Crippen molar-refractivity contribution in [3.63, 3.8) is 0 Å². The van der Waals surface area contributed by atoms with Gasteiger partial charge in [0.05, 0.1) is 11.4 Å². The van der Waals surface area contributed by atoms with E-state index >= 15 is 0 Å². The van der Waals surface area contributed by atoms with Crippen molar-refractivity contribution in [2.24, 2.45) is 5.73 Å². The second kappa shape index (κ2) is 7.14. The van der Waals surface area contributed by atoms with Crippen LogP contribution in [0, 0.1) is 0 Å². The number of nitrogens with two attached hydrogens (primary N) is 1. The van der Waals surface area contributed by atoms with E-state index in [4.69, 9.17) is 10.8 Å². The average Bonchev–Trinajstić information content (AvgIpc) is 3.27. The third kappa shape index (κ3) is 3.13. The molecule has 2 aromatic carbocycles. The number of nitrogens with zero attached hydrogens (tertiary/aromatic N) is 2. The quantitative estimate of drug-likeness (QED) is 0.721. The first-order valence-electron chi connectivity index (χ1n) is 8.97. The fourth-order valence-electron chi connectivity index (χ4n) is 3.67. The Balaban J connectivity index is 1.60. The van der Waals surface area contributed by atoms with Crippen LogP contribution in [0.3, 0.4) is 0 Å². The van der Waals surface area contributed by atoms with E-state index in [0.29, 0.717) is 6.54 Å². The highest BCUT2D eigenvalue weighted by Crippen LogP contribution is 2.28. The molecule has 1 aliphatic rings. The number of carbonyl (C=O) groups is 1. The van der Waals surface area contributed by atoms with Gasteiger partial charge in [0, 0.05) is 12.2 Å². The van der Waals surface area contributed by atoms with Crippen LogP contribution in [0.1, 0.15) is 35.0 Å². The summed E-state index contributed by atoms with van der Waals surface area (Å²) in [7, 11) is 0. The SMILES string of the molecule is NC(=O)C(NCc1nn(-c2ccccc2)c2c1CCC2)c1ccccc1. The number of carbonyl (C=O) groups excluding carboxylic acids is 1. The lowest BCUT2D eigenvalue weighted by Gasteiger charge is -2.15. The lowest BCUT2D eigenvalue weighted by Crippen LogP contribution is -2.33. The Morgan fingerprint density at radius 2 is 1.77 bits per heavy atom. The van der Waals surface area contributed by atoms with Gasteiger partial charge in [0.15, 0.2) is 0 Å². The van der Waals surface area contributed by atoms with E-state index in [2.05, 4.69) is 17.4 Å². The van der Waals surface area contributed by atoms with Gasteiger partial charge >= 0.3 is 0 Å². The molecule has 5 heteroatoms. The first-order chi connectivity index (χ1) is 12.7. The second-order valence-electron chi connectivity index (χ2n) is 6.60. The lowest BCUT2D eigenvalue weighted by molar-refractivity contribution is -0.120. The first-order valence-corrected chi connectivity index (χ1v) is 8.97.